The van der Waals surface area contributed by atoms with Crippen LogP contribution in [0.25, 0.3) is 0 Å². The average molecular weight is 227 g/mol. The Morgan fingerprint density at radius 3 is 2.73 bits per heavy atom. The van der Waals surface area contributed by atoms with Gasteiger partial charge in [-0.05, 0) is 18.4 Å². The number of rotatable bonds is 5. The predicted molar refractivity (Wildman–Crippen MR) is 65.0 cm³/mol. The third-order valence-electron chi connectivity index (χ3n) is 2.64. The van der Waals surface area contributed by atoms with Gasteiger partial charge in [-0.3, -0.25) is 0 Å². The van der Waals surface area contributed by atoms with Gasteiger partial charge in [-0.2, -0.15) is 0 Å². The van der Waals surface area contributed by atoms with Gasteiger partial charge in [0.15, 0.2) is 0 Å². The van der Waals surface area contributed by atoms with Crippen molar-refractivity contribution in [2.75, 3.05) is 0 Å². The highest BCUT2D eigenvalue weighted by Crippen LogP contribution is 2.13. The summed E-state index contributed by atoms with van der Waals surface area (Å²) in [6.45, 7) is 7.45. The Balaban J connectivity index is 2.53. The third-order valence-corrected chi connectivity index (χ3v) is 2.98. The van der Waals surface area contributed by atoms with E-state index in [-0.39, 0.29) is 0 Å². The molecule has 84 valence electrons. The highest BCUT2D eigenvalue weighted by Gasteiger charge is 2.10. The number of hydrogen-bond acceptors (Lipinski definition) is 2. The summed E-state index contributed by atoms with van der Waals surface area (Å²) in [5.41, 5.74) is 1.07. The van der Waals surface area contributed by atoms with Gasteiger partial charge in [0.05, 0.1) is 0 Å². The quantitative estimate of drug-likeness (QED) is 0.780. The maximum atomic E-state index is 5.98. The molecule has 1 unspecified atom stereocenters. The highest BCUT2D eigenvalue weighted by molar-refractivity contribution is 6.30. The van der Waals surface area contributed by atoms with E-state index in [2.05, 4.69) is 31.1 Å². The zero-order valence-electron chi connectivity index (χ0n) is 9.63. The Kier molecular flexibility index (Phi) is 5.06. The van der Waals surface area contributed by atoms with Gasteiger partial charge < -0.3 is 5.32 Å². The van der Waals surface area contributed by atoms with E-state index >= 15 is 0 Å². The molecule has 1 aromatic rings. The molecular formula is C12H19ClN2. The Labute approximate surface area is 97.1 Å². The van der Waals surface area contributed by atoms with Gasteiger partial charge in [-0.15, -0.1) is 0 Å². The number of nitrogens with one attached hydrogen (secondary N) is 1. The standard InChI is InChI=1S/C12H19ClN2/c1-4-11(9(2)3)15-8-10-6-5-7-14-12(10)13/h5-7,9,11,15H,4,8H2,1-3H3. The van der Waals surface area contributed by atoms with E-state index in [0.717, 1.165) is 18.5 Å². The molecule has 0 aliphatic rings. The minimum Gasteiger partial charge on any atom is -0.310 e. The molecule has 0 radical (unpaired) electrons. The molecule has 0 aliphatic heterocycles. The lowest BCUT2D eigenvalue weighted by molar-refractivity contribution is 0.387. The second-order valence-corrected chi connectivity index (χ2v) is 4.45. The molecule has 2 nitrogen and oxygen atoms in total. The summed E-state index contributed by atoms with van der Waals surface area (Å²) in [4.78, 5) is 4.05. The molecule has 15 heavy (non-hydrogen) atoms. The van der Waals surface area contributed by atoms with Crippen molar-refractivity contribution in [2.45, 2.75) is 39.8 Å². The van der Waals surface area contributed by atoms with E-state index in [1.807, 2.05) is 12.1 Å². The average Bonchev–Trinajstić information content (AvgIpc) is 2.21. The molecule has 1 atom stereocenters. The maximum Gasteiger partial charge on any atom is 0.133 e. The Morgan fingerprint density at radius 2 is 2.20 bits per heavy atom. The van der Waals surface area contributed by atoms with Gasteiger partial charge >= 0.3 is 0 Å². The first-order chi connectivity index (χ1) is 7.15. The zero-order chi connectivity index (χ0) is 11.3. The van der Waals surface area contributed by atoms with Crippen LogP contribution in [0.15, 0.2) is 18.3 Å². The summed E-state index contributed by atoms with van der Waals surface area (Å²) >= 11 is 5.98. The van der Waals surface area contributed by atoms with Crippen LogP contribution >= 0.6 is 11.6 Å². The lowest BCUT2D eigenvalue weighted by Gasteiger charge is -2.20. The molecule has 3 heteroatoms. The van der Waals surface area contributed by atoms with Crippen LogP contribution in [0.5, 0.6) is 0 Å². The molecule has 1 aromatic heterocycles. The molecule has 0 spiro atoms. The number of nitrogens with zero attached hydrogens (tertiary/aromatic N) is 1. The molecule has 0 bridgehead atoms. The van der Waals surface area contributed by atoms with Crippen molar-refractivity contribution in [1.82, 2.24) is 10.3 Å². The molecule has 0 aromatic carbocycles. The lowest BCUT2D eigenvalue weighted by atomic mass is 10.0. The Bertz CT molecular complexity index is 299. The maximum absolute atomic E-state index is 5.98. The van der Waals surface area contributed by atoms with E-state index in [0.29, 0.717) is 17.1 Å². The summed E-state index contributed by atoms with van der Waals surface area (Å²) in [5.74, 6) is 0.644. The SMILES string of the molecule is CCC(NCc1cccnc1Cl)C(C)C. The lowest BCUT2D eigenvalue weighted by Crippen LogP contribution is -2.32. The Morgan fingerprint density at radius 1 is 1.47 bits per heavy atom. The van der Waals surface area contributed by atoms with Crippen molar-refractivity contribution in [1.29, 1.82) is 0 Å². The van der Waals surface area contributed by atoms with E-state index < -0.39 is 0 Å². The minimum absolute atomic E-state index is 0.543. The summed E-state index contributed by atoms with van der Waals surface area (Å²) < 4.78 is 0. The monoisotopic (exact) mass is 226 g/mol. The minimum atomic E-state index is 0.543. The fourth-order valence-electron chi connectivity index (χ4n) is 1.64. The molecule has 0 fully saturated rings. The number of aromatic nitrogens is 1. The van der Waals surface area contributed by atoms with E-state index in [9.17, 15) is 0 Å². The van der Waals surface area contributed by atoms with Crippen molar-refractivity contribution >= 4 is 11.6 Å². The van der Waals surface area contributed by atoms with Crippen LogP contribution < -0.4 is 5.32 Å². The zero-order valence-corrected chi connectivity index (χ0v) is 10.4. The van der Waals surface area contributed by atoms with Gasteiger partial charge in [-0.25, -0.2) is 4.98 Å². The Hall–Kier alpha value is -0.600. The molecule has 0 saturated heterocycles. The van der Waals surface area contributed by atoms with Gasteiger partial charge in [0.2, 0.25) is 0 Å². The first-order valence-corrected chi connectivity index (χ1v) is 5.85. The number of halogens is 1. The van der Waals surface area contributed by atoms with Gasteiger partial charge in [0, 0.05) is 24.3 Å². The highest BCUT2D eigenvalue weighted by atomic mass is 35.5. The fraction of sp³-hybridized carbons (Fsp3) is 0.583. The van der Waals surface area contributed by atoms with E-state index in [1.165, 1.54) is 0 Å². The third kappa shape index (κ3) is 3.80. The second kappa shape index (κ2) is 6.09. The summed E-state index contributed by atoms with van der Waals surface area (Å²) in [6.07, 6.45) is 2.85. The van der Waals surface area contributed by atoms with Gasteiger partial charge in [0.25, 0.3) is 0 Å². The summed E-state index contributed by atoms with van der Waals surface area (Å²) in [7, 11) is 0. The smallest absolute Gasteiger partial charge is 0.133 e. The number of pyridine rings is 1. The summed E-state index contributed by atoms with van der Waals surface area (Å²) in [6, 6.07) is 4.47. The summed E-state index contributed by atoms with van der Waals surface area (Å²) in [5, 5.41) is 4.10. The van der Waals surface area contributed by atoms with Crippen LogP contribution in [-0.2, 0) is 6.54 Å². The predicted octanol–water partition coefficient (Wildman–Crippen LogP) is 3.26. The number of hydrogen-bond donors (Lipinski definition) is 1. The topological polar surface area (TPSA) is 24.9 Å². The largest absolute Gasteiger partial charge is 0.310 e. The molecule has 0 saturated carbocycles. The second-order valence-electron chi connectivity index (χ2n) is 4.09. The van der Waals surface area contributed by atoms with Crippen LogP contribution in [0.4, 0.5) is 0 Å². The van der Waals surface area contributed by atoms with E-state index in [4.69, 9.17) is 11.6 Å². The van der Waals surface area contributed by atoms with Gasteiger partial charge in [0.1, 0.15) is 5.15 Å². The van der Waals surface area contributed by atoms with Crippen molar-refractivity contribution in [3.63, 3.8) is 0 Å². The van der Waals surface area contributed by atoms with Crippen LogP contribution in [0, 0.1) is 5.92 Å². The van der Waals surface area contributed by atoms with Crippen LogP contribution in [0.2, 0.25) is 5.15 Å². The first-order valence-electron chi connectivity index (χ1n) is 5.48. The first kappa shape index (κ1) is 12.5. The normalized spacial score (nSPS) is 13.1. The van der Waals surface area contributed by atoms with Gasteiger partial charge in [-0.1, -0.05) is 38.4 Å². The fourth-order valence-corrected chi connectivity index (χ4v) is 1.83. The van der Waals surface area contributed by atoms with Crippen LogP contribution in [0.3, 0.4) is 0 Å². The van der Waals surface area contributed by atoms with Crippen LogP contribution in [0.1, 0.15) is 32.8 Å². The van der Waals surface area contributed by atoms with Crippen molar-refractivity contribution < 1.29 is 0 Å². The van der Waals surface area contributed by atoms with Crippen molar-refractivity contribution in [3.05, 3.63) is 29.0 Å². The van der Waals surface area contributed by atoms with Crippen molar-refractivity contribution in [2.24, 2.45) is 5.92 Å². The molecule has 1 heterocycles. The molecular weight excluding hydrogens is 208 g/mol. The molecule has 1 rings (SSSR count). The van der Waals surface area contributed by atoms with Crippen LogP contribution in [-0.4, -0.2) is 11.0 Å². The van der Waals surface area contributed by atoms with E-state index in [1.54, 1.807) is 6.20 Å². The molecule has 0 amide bonds. The van der Waals surface area contributed by atoms with Crippen molar-refractivity contribution in [3.8, 4) is 0 Å². The molecule has 1 N–H and O–H groups in total. The molecule has 0 aliphatic carbocycles.